The Balaban J connectivity index is 2.91. The molecule has 0 radical (unpaired) electrons. The fourth-order valence-corrected chi connectivity index (χ4v) is 1.45. The van der Waals surface area contributed by atoms with Crippen LogP contribution in [0.1, 0.15) is 13.8 Å². The van der Waals surface area contributed by atoms with Gasteiger partial charge in [0.15, 0.2) is 0 Å². The van der Waals surface area contributed by atoms with Gasteiger partial charge in [-0.3, -0.25) is 10.1 Å². The topological polar surface area (TPSA) is 46.4 Å². The van der Waals surface area contributed by atoms with Crippen LogP contribution < -0.4 is 4.90 Å². The van der Waals surface area contributed by atoms with Gasteiger partial charge in [0.25, 0.3) is 5.69 Å². The lowest BCUT2D eigenvalue weighted by atomic mass is 10.2. The Morgan fingerprint density at radius 3 is 2.81 bits per heavy atom. The van der Waals surface area contributed by atoms with Crippen LogP contribution in [-0.4, -0.2) is 18.0 Å². The highest BCUT2D eigenvalue weighted by molar-refractivity contribution is 5.53. The summed E-state index contributed by atoms with van der Waals surface area (Å²) in [4.78, 5) is 12.4. The second-order valence-electron chi connectivity index (χ2n) is 3.38. The molecular formula is C12H16N2O2. The standard InChI is InChI=1S/C12H16N2O2/c1-3-5-9-13(4-2)11-7-6-8-12(10-11)14(15)16/h3,5-8,10H,4,9H2,1-2H3/b5-3+. The van der Waals surface area contributed by atoms with Crippen LogP contribution in [-0.2, 0) is 0 Å². The third kappa shape index (κ3) is 3.08. The van der Waals surface area contributed by atoms with Crippen molar-refractivity contribution in [2.24, 2.45) is 0 Å². The van der Waals surface area contributed by atoms with Crippen LogP contribution in [0, 0.1) is 10.1 Å². The minimum atomic E-state index is -0.368. The molecule has 0 bridgehead atoms. The predicted molar refractivity (Wildman–Crippen MR) is 65.8 cm³/mol. The van der Waals surface area contributed by atoms with E-state index in [1.54, 1.807) is 12.1 Å². The smallest absolute Gasteiger partial charge is 0.271 e. The largest absolute Gasteiger partial charge is 0.368 e. The van der Waals surface area contributed by atoms with Crippen molar-refractivity contribution in [1.29, 1.82) is 0 Å². The van der Waals surface area contributed by atoms with Gasteiger partial charge in [-0.1, -0.05) is 18.2 Å². The van der Waals surface area contributed by atoms with Gasteiger partial charge in [0.2, 0.25) is 0 Å². The van der Waals surface area contributed by atoms with E-state index in [9.17, 15) is 10.1 Å². The average molecular weight is 220 g/mol. The highest BCUT2D eigenvalue weighted by atomic mass is 16.6. The van der Waals surface area contributed by atoms with Crippen molar-refractivity contribution < 1.29 is 4.92 Å². The monoisotopic (exact) mass is 220 g/mol. The van der Waals surface area contributed by atoms with Crippen LogP contribution >= 0.6 is 0 Å². The van der Waals surface area contributed by atoms with Crippen molar-refractivity contribution in [3.8, 4) is 0 Å². The van der Waals surface area contributed by atoms with Crippen LogP contribution in [0.5, 0.6) is 0 Å². The zero-order valence-electron chi connectivity index (χ0n) is 9.59. The quantitative estimate of drug-likeness (QED) is 0.435. The highest BCUT2D eigenvalue weighted by Crippen LogP contribution is 2.20. The molecule has 1 rings (SSSR count). The Morgan fingerprint density at radius 2 is 2.25 bits per heavy atom. The first kappa shape index (κ1) is 12.2. The summed E-state index contributed by atoms with van der Waals surface area (Å²) in [7, 11) is 0. The van der Waals surface area contributed by atoms with Gasteiger partial charge in [-0.2, -0.15) is 0 Å². The molecule has 1 aromatic rings. The Kier molecular flexibility index (Phi) is 4.51. The molecule has 1 aromatic carbocycles. The molecule has 0 unspecified atom stereocenters. The van der Waals surface area contributed by atoms with E-state index >= 15 is 0 Å². The predicted octanol–water partition coefficient (Wildman–Crippen LogP) is 3.00. The number of benzene rings is 1. The molecule has 0 heterocycles. The lowest BCUT2D eigenvalue weighted by Crippen LogP contribution is -2.22. The summed E-state index contributed by atoms with van der Waals surface area (Å²) < 4.78 is 0. The summed E-state index contributed by atoms with van der Waals surface area (Å²) >= 11 is 0. The van der Waals surface area contributed by atoms with E-state index in [2.05, 4.69) is 4.90 Å². The van der Waals surface area contributed by atoms with E-state index < -0.39 is 0 Å². The second-order valence-corrected chi connectivity index (χ2v) is 3.38. The third-order valence-corrected chi connectivity index (χ3v) is 2.35. The van der Waals surface area contributed by atoms with Crippen molar-refractivity contribution in [2.45, 2.75) is 13.8 Å². The van der Waals surface area contributed by atoms with Crippen molar-refractivity contribution >= 4 is 11.4 Å². The summed E-state index contributed by atoms with van der Waals surface area (Å²) in [5.74, 6) is 0. The van der Waals surface area contributed by atoms with E-state index in [0.29, 0.717) is 0 Å². The number of anilines is 1. The van der Waals surface area contributed by atoms with Crippen molar-refractivity contribution in [1.82, 2.24) is 0 Å². The molecular weight excluding hydrogens is 204 g/mol. The molecule has 0 aliphatic heterocycles. The van der Waals surface area contributed by atoms with Gasteiger partial charge in [0, 0.05) is 30.9 Å². The number of allylic oxidation sites excluding steroid dienone is 1. The fraction of sp³-hybridized carbons (Fsp3) is 0.333. The van der Waals surface area contributed by atoms with Crippen LogP contribution in [0.4, 0.5) is 11.4 Å². The molecule has 0 fully saturated rings. The number of nitrogens with zero attached hydrogens (tertiary/aromatic N) is 2. The van der Waals surface area contributed by atoms with E-state index in [1.165, 1.54) is 6.07 Å². The number of likely N-dealkylation sites (N-methyl/N-ethyl adjacent to an activating group) is 1. The molecule has 86 valence electrons. The summed E-state index contributed by atoms with van der Waals surface area (Å²) in [6, 6.07) is 6.71. The van der Waals surface area contributed by atoms with Crippen LogP contribution in [0.15, 0.2) is 36.4 Å². The first-order chi connectivity index (χ1) is 7.69. The number of non-ortho nitro benzene ring substituents is 1. The number of nitro groups is 1. The SMILES string of the molecule is C/C=C/CN(CC)c1cccc([N+](=O)[O-])c1. The number of nitro benzene ring substituents is 1. The third-order valence-electron chi connectivity index (χ3n) is 2.35. The van der Waals surface area contributed by atoms with Crippen molar-refractivity contribution in [2.75, 3.05) is 18.0 Å². The van der Waals surface area contributed by atoms with Gasteiger partial charge in [0.05, 0.1) is 4.92 Å². The lowest BCUT2D eigenvalue weighted by molar-refractivity contribution is -0.384. The lowest BCUT2D eigenvalue weighted by Gasteiger charge is -2.20. The van der Waals surface area contributed by atoms with Gasteiger partial charge in [0.1, 0.15) is 0 Å². The van der Waals surface area contributed by atoms with E-state index in [4.69, 9.17) is 0 Å². The Labute approximate surface area is 95.3 Å². The molecule has 0 amide bonds. The molecule has 16 heavy (non-hydrogen) atoms. The van der Waals surface area contributed by atoms with Crippen molar-refractivity contribution in [3.63, 3.8) is 0 Å². The Bertz CT molecular complexity index is 388. The van der Waals surface area contributed by atoms with Gasteiger partial charge in [-0.05, 0) is 19.9 Å². The fourth-order valence-electron chi connectivity index (χ4n) is 1.45. The molecule has 0 saturated heterocycles. The maximum absolute atomic E-state index is 10.7. The normalized spacial score (nSPS) is 10.6. The van der Waals surface area contributed by atoms with Gasteiger partial charge in [-0.25, -0.2) is 0 Å². The molecule has 4 nitrogen and oxygen atoms in total. The van der Waals surface area contributed by atoms with Crippen LogP contribution in [0.25, 0.3) is 0 Å². The second kappa shape index (κ2) is 5.90. The summed E-state index contributed by atoms with van der Waals surface area (Å²) in [6.07, 6.45) is 4.00. The molecule has 0 aliphatic rings. The molecule has 0 aromatic heterocycles. The van der Waals surface area contributed by atoms with E-state index in [0.717, 1.165) is 18.8 Å². The minimum absolute atomic E-state index is 0.136. The van der Waals surface area contributed by atoms with E-state index in [1.807, 2.05) is 32.1 Å². The first-order valence-corrected chi connectivity index (χ1v) is 5.29. The average Bonchev–Trinajstić information content (AvgIpc) is 2.30. The molecule has 0 aliphatic carbocycles. The zero-order chi connectivity index (χ0) is 12.0. The van der Waals surface area contributed by atoms with E-state index in [-0.39, 0.29) is 10.6 Å². The maximum Gasteiger partial charge on any atom is 0.271 e. The number of hydrogen-bond acceptors (Lipinski definition) is 3. The highest BCUT2D eigenvalue weighted by Gasteiger charge is 2.08. The molecule has 0 spiro atoms. The summed E-state index contributed by atoms with van der Waals surface area (Å²) in [5, 5.41) is 10.7. The van der Waals surface area contributed by atoms with Crippen molar-refractivity contribution in [3.05, 3.63) is 46.5 Å². The molecule has 0 N–H and O–H groups in total. The van der Waals surface area contributed by atoms with Gasteiger partial charge >= 0.3 is 0 Å². The van der Waals surface area contributed by atoms with Gasteiger partial charge < -0.3 is 4.90 Å². The van der Waals surface area contributed by atoms with Gasteiger partial charge in [-0.15, -0.1) is 0 Å². The molecule has 4 heteroatoms. The summed E-state index contributed by atoms with van der Waals surface area (Å²) in [5.41, 5.74) is 1.02. The maximum atomic E-state index is 10.7. The molecule has 0 saturated carbocycles. The minimum Gasteiger partial charge on any atom is -0.368 e. The zero-order valence-corrected chi connectivity index (χ0v) is 9.59. The Hall–Kier alpha value is -1.84. The van der Waals surface area contributed by atoms with Crippen LogP contribution in [0.2, 0.25) is 0 Å². The Morgan fingerprint density at radius 1 is 1.50 bits per heavy atom. The first-order valence-electron chi connectivity index (χ1n) is 5.29. The molecule has 0 atom stereocenters. The number of hydrogen-bond donors (Lipinski definition) is 0. The number of rotatable bonds is 5. The van der Waals surface area contributed by atoms with Crippen LogP contribution in [0.3, 0.4) is 0 Å². The summed E-state index contributed by atoms with van der Waals surface area (Å²) in [6.45, 7) is 5.59.